The van der Waals surface area contributed by atoms with E-state index in [2.05, 4.69) is 49.3 Å². The van der Waals surface area contributed by atoms with Gasteiger partial charge in [0.15, 0.2) is 0 Å². The largest absolute Gasteiger partial charge is 0.383 e. The van der Waals surface area contributed by atoms with Crippen LogP contribution in [-0.4, -0.2) is 38.2 Å². The zero-order valence-electron chi connectivity index (χ0n) is 13.9. The van der Waals surface area contributed by atoms with Crippen molar-refractivity contribution < 1.29 is 0 Å². The number of pyridine rings is 1. The van der Waals surface area contributed by atoms with Crippen LogP contribution in [-0.2, 0) is 6.54 Å². The number of aromatic nitrogens is 4. The Morgan fingerprint density at radius 3 is 2.76 bits per heavy atom. The predicted molar refractivity (Wildman–Crippen MR) is 100 cm³/mol. The highest BCUT2D eigenvalue weighted by atomic mass is 15.1. The van der Waals surface area contributed by atoms with Gasteiger partial charge in [0, 0.05) is 34.8 Å². The van der Waals surface area contributed by atoms with Crippen LogP contribution in [0.2, 0.25) is 0 Å². The average molecular weight is 332 g/mol. The van der Waals surface area contributed by atoms with E-state index < -0.39 is 0 Å². The molecule has 3 aromatic heterocycles. The number of H-pyrrole nitrogens is 2. The van der Waals surface area contributed by atoms with Crippen molar-refractivity contribution in [2.45, 2.75) is 19.4 Å². The first-order valence-corrected chi connectivity index (χ1v) is 8.71. The highest BCUT2D eigenvalue weighted by Crippen LogP contribution is 2.31. The second kappa shape index (κ2) is 5.60. The van der Waals surface area contributed by atoms with Crippen molar-refractivity contribution in [1.82, 2.24) is 25.1 Å². The molecule has 25 heavy (non-hydrogen) atoms. The third-order valence-electron chi connectivity index (χ3n) is 5.06. The lowest BCUT2D eigenvalue weighted by Crippen LogP contribution is -2.18. The van der Waals surface area contributed by atoms with Crippen LogP contribution in [0.4, 0.5) is 5.82 Å². The maximum atomic E-state index is 6.25. The number of nitrogens with two attached hydrogens (primary N) is 1. The second-order valence-electron chi connectivity index (χ2n) is 6.77. The summed E-state index contributed by atoms with van der Waals surface area (Å²) in [7, 11) is 0. The molecular formula is C19H20N6. The molecule has 4 heterocycles. The van der Waals surface area contributed by atoms with Crippen molar-refractivity contribution in [1.29, 1.82) is 0 Å². The summed E-state index contributed by atoms with van der Waals surface area (Å²) in [6, 6.07) is 10.4. The number of anilines is 1. The molecule has 0 bridgehead atoms. The van der Waals surface area contributed by atoms with E-state index in [0.29, 0.717) is 5.82 Å². The van der Waals surface area contributed by atoms with E-state index in [0.717, 1.165) is 39.6 Å². The summed E-state index contributed by atoms with van der Waals surface area (Å²) >= 11 is 0. The van der Waals surface area contributed by atoms with E-state index in [1.165, 1.54) is 31.6 Å². The summed E-state index contributed by atoms with van der Waals surface area (Å²) in [6.45, 7) is 3.30. The van der Waals surface area contributed by atoms with Crippen LogP contribution in [0.1, 0.15) is 18.5 Å². The molecule has 1 aromatic carbocycles. The Morgan fingerprint density at radius 2 is 1.96 bits per heavy atom. The molecular weight excluding hydrogens is 312 g/mol. The summed E-state index contributed by atoms with van der Waals surface area (Å²) in [6.07, 6.45) is 4.34. The number of hydrogen-bond acceptors (Lipinski definition) is 4. The van der Waals surface area contributed by atoms with Crippen LogP contribution in [0.15, 0.2) is 36.5 Å². The van der Waals surface area contributed by atoms with Gasteiger partial charge in [0.1, 0.15) is 5.82 Å². The lowest BCUT2D eigenvalue weighted by atomic mass is 10.1. The minimum Gasteiger partial charge on any atom is -0.383 e. The lowest BCUT2D eigenvalue weighted by Gasteiger charge is -2.12. The molecule has 1 aliphatic heterocycles. The van der Waals surface area contributed by atoms with Gasteiger partial charge in [-0.2, -0.15) is 5.10 Å². The Balaban J connectivity index is 1.62. The first-order valence-electron chi connectivity index (χ1n) is 8.71. The zero-order valence-corrected chi connectivity index (χ0v) is 13.9. The van der Waals surface area contributed by atoms with Gasteiger partial charge in [-0.1, -0.05) is 12.1 Å². The topological polar surface area (TPSA) is 86.6 Å². The van der Waals surface area contributed by atoms with E-state index >= 15 is 0 Å². The maximum Gasteiger partial charge on any atom is 0.133 e. The number of hydrogen-bond donors (Lipinski definition) is 3. The SMILES string of the molecule is Nc1nc2cc(-c3ccn[nH]3)ccc2c2[nH]c(CN3CCCC3)cc12. The number of likely N-dealkylation sites (tertiary alicyclic amines) is 1. The third-order valence-corrected chi connectivity index (χ3v) is 5.06. The summed E-state index contributed by atoms with van der Waals surface area (Å²) < 4.78 is 0. The number of nitrogens with one attached hydrogen (secondary N) is 2. The summed E-state index contributed by atoms with van der Waals surface area (Å²) in [5.41, 5.74) is 11.5. The first kappa shape index (κ1) is 14.5. The standard InChI is InChI=1S/C19H20N6/c20-19-15-10-13(11-25-7-1-2-8-25)22-18(15)14-4-3-12(9-17(14)23-19)16-5-6-21-24-16/h3-6,9-10,22H,1-2,7-8,11H2,(H2,20,23)(H,21,24). The van der Waals surface area contributed by atoms with Gasteiger partial charge in [0.2, 0.25) is 0 Å². The van der Waals surface area contributed by atoms with Crippen molar-refractivity contribution in [3.63, 3.8) is 0 Å². The van der Waals surface area contributed by atoms with Gasteiger partial charge in [0.05, 0.1) is 16.7 Å². The Hall–Kier alpha value is -2.86. The molecule has 5 rings (SSSR count). The van der Waals surface area contributed by atoms with Crippen LogP contribution < -0.4 is 5.73 Å². The van der Waals surface area contributed by atoms with Crippen LogP contribution in [0.3, 0.4) is 0 Å². The van der Waals surface area contributed by atoms with E-state index in [4.69, 9.17) is 5.73 Å². The van der Waals surface area contributed by atoms with Gasteiger partial charge < -0.3 is 10.7 Å². The van der Waals surface area contributed by atoms with Crippen molar-refractivity contribution in [3.8, 4) is 11.3 Å². The molecule has 126 valence electrons. The monoisotopic (exact) mass is 332 g/mol. The number of fused-ring (bicyclic) bond motifs is 3. The Morgan fingerprint density at radius 1 is 1.08 bits per heavy atom. The number of nitrogen functional groups attached to an aromatic ring is 1. The molecule has 0 unspecified atom stereocenters. The number of nitrogens with zero attached hydrogens (tertiary/aromatic N) is 3. The van der Waals surface area contributed by atoms with Crippen molar-refractivity contribution in [2.75, 3.05) is 18.8 Å². The van der Waals surface area contributed by atoms with E-state index in [1.807, 2.05) is 6.07 Å². The molecule has 6 heteroatoms. The molecule has 0 amide bonds. The smallest absolute Gasteiger partial charge is 0.133 e. The fraction of sp³-hybridized carbons (Fsp3) is 0.263. The molecule has 0 atom stereocenters. The van der Waals surface area contributed by atoms with Crippen LogP contribution in [0.5, 0.6) is 0 Å². The number of benzene rings is 1. The number of aromatic amines is 2. The molecule has 4 aromatic rings. The van der Waals surface area contributed by atoms with Gasteiger partial charge in [-0.15, -0.1) is 0 Å². The van der Waals surface area contributed by atoms with Gasteiger partial charge in [-0.05, 0) is 44.1 Å². The highest BCUT2D eigenvalue weighted by molar-refractivity contribution is 6.08. The average Bonchev–Trinajstić information content (AvgIpc) is 3.36. The first-order chi connectivity index (χ1) is 12.3. The Bertz CT molecular complexity index is 1040. The maximum absolute atomic E-state index is 6.25. The minimum atomic E-state index is 0.577. The zero-order chi connectivity index (χ0) is 16.8. The summed E-state index contributed by atoms with van der Waals surface area (Å²) in [5, 5.41) is 9.12. The molecule has 0 aliphatic carbocycles. The third kappa shape index (κ3) is 2.46. The highest BCUT2D eigenvalue weighted by Gasteiger charge is 2.15. The lowest BCUT2D eigenvalue weighted by molar-refractivity contribution is 0.328. The second-order valence-corrected chi connectivity index (χ2v) is 6.77. The fourth-order valence-corrected chi connectivity index (χ4v) is 3.80. The fourth-order valence-electron chi connectivity index (χ4n) is 3.80. The van der Waals surface area contributed by atoms with Crippen LogP contribution in [0, 0.1) is 0 Å². The summed E-state index contributed by atoms with van der Waals surface area (Å²) in [4.78, 5) is 10.7. The Kier molecular flexibility index (Phi) is 3.24. The van der Waals surface area contributed by atoms with Gasteiger partial charge in [-0.25, -0.2) is 4.98 Å². The normalized spacial score (nSPS) is 15.5. The quantitative estimate of drug-likeness (QED) is 0.537. The van der Waals surface area contributed by atoms with Crippen molar-refractivity contribution in [2.24, 2.45) is 0 Å². The van der Waals surface area contributed by atoms with Gasteiger partial charge in [-0.3, -0.25) is 10.00 Å². The molecule has 6 nitrogen and oxygen atoms in total. The van der Waals surface area contributed by atoms with Crippen molar-refractivity contribution in [3.05, 3.63) is 42.2 Å². The van der Waals surface area contributed by atoms with E-state index in [-0.39, 0.29) is 0 Å². The van der Waals surface area contributed by atoms with E-state index in [9.17, 15) is 0 Å². The molecule has 0 saturated carbocycles. The van der Waals surface area contributed by atoms with E-state index in [1.54, 1.807) is 6.20 Å². The Labute approximate surface area is 145 Å². The predicted octanol–water partition coefficient (Wildman–Crippen LogP) is 3.28. The molecule has 1 saturated heterocycles. The van der Waals surface area contributed by atoms with Crippen molar-refractivity contribution >= 4 is 27.6 Å². The molecule has 0 radical (unpaired) electrons. The molecule has 4 N–H and O–H groups in total. The van der Waals surface area contributed by atoms with Gasteiger partial charge >= 0.3 is 0 Å². The van der Waals surface area contributed by atoms with Gasteiger partial charge in [0.25, 0.3) is 0 Å². The molecule has 0 spiro atoms. The summed E-state index contributed by atoms with van der Waals surface area (Å²) in [5.74, 6) is 0.577. The molecule has 1 fully saturated rings. The van der Waals surface area contributed by atoms with Crippen LogP contribution >= 0.6 is 0 Å². The van der Waals surface area contributed by atoms with Crippen LogP contribution in [0.25, 0.3) is 33.1 Å². The molecule has 1 aliphatic rings. The number of rotatable bonds is 3. The minimum absolute atomic E-state index is 0.577.